The summed E-state index contributed by atoms with van der Waals surface area (Å²) < 4.78 is 8.05. The number of hydrogen-bond acceptors (Lipinski definition) is 2. The molecule has 4 heteroatoms. The summed E-state index contributed by atoms with van der Waals surface area (Å²) >= 11 is 4.60. The van der Waals surface area contributed by atoms with Crippen molar-refractivity contribution in [1.29, 1.82) is 0 Å². The first-order valence-electron chi connectivity index (χ1n) is 4.99. The van der Waals surface area contributed by atoms with Crippen LogP contribution in [0.3, 0.4) is 0 Å². The maximum atomic E-state index is 5.75. The zero-order valence-corrected chi connectivity index (χ0v) is 13.0. The van der Waals surface area contributed by atoms with Crippen LogP contribution in [0, 0.1) is 7.14 Å². The van der Waals surface area contributed by atoms with Crippen LogP contribution in [0.25, 0.3) is 0 Å². The van der Waals surface area contributed by atoms with Crippen molar-refractivity contribution in [1.82, 2.24) is 0 Å². The van der Waals surface area contributed by atoms with Crippen molar-refractivity contribution < 1.29 is 4.74 Å². The highest BCUT2D eigenvalue weighted by molar-refractivity contribution is 14.1. The van der Waals surface area contributed by atoms with E-state index in [9.17, 15) is 0 Å². The average molecular weight is 431 g/mol. The molecule has 0 atom stereocenters. The average Bonchev–Trinajstić information content (AvgIpc) is 2.22. The summed E-state index contributed by atoms with van der Waals surface area (Å²) in [5, 5.41) is 0. The summed E-state index contributed by atoms with van der Waals surface area (Å²) in [7, 11) is 0. The van der Waals surface area contributed by atoms with Gasteiger partial charge in [0.2, 0.25) is 0 Å². The van der Waals surface area contributed by atoms with E-state index in [2.05, 4.69) is 64.2 Å². The van der Waals surface area contributed by atoms with Crippen LogP contribution in [0.15, 0.2) is 12.1 Å². The van der Waals surface area contributed by atoms with E-state index in [-0.39, 0.29) is 0 Å². The highest BCUT2D eigenvalue weighted by Crippen LogP contribution is 2.29. The Balaban J connectivity index is 2.79. The predicted octanol–water partition coefficient (Wildman–Crippen LogP) is 3.53. The van der Waals surface area contributed by atoms with E-state index >= 15 is 0 Å². The van der Waals surface area contributed by atoms with Crippen LogP contribution in [0.1, 0.15) is 25.3 Å². The summed E-state index contributed by atoms with van der Waals surface area (Å²) in [5.41, 5.74) is 6.77. The number of halogens is 2. The second kappa shape index (κ2) is 6.90. The molecule has 0 saturated heterocycles. The minimum Gasteiger partial charge on any atom is -0.491 e. The monoisotopic (exact) mass is 431 g/mol. The largest absolute Gasteiger partial charge is 0.491 e. The van der Waals surface area contributed by atoms with E-state index < -0.39 is 0 Å². The van der Waals surface area contributed by atoms with E-state index in [0.29, 0.717) is 6.54 Å². The Labute approximate surface area is 118 Å². The maximum absolute atomic E-state index is 5.75. The van der Waals surface area contributed by atoms with E-state index in [1.807, 2.05) is 0 Å². The third-order valence-electron chi connectivity index (χ3n) is 2.04. The molecular weight excluding hydrogens is 416 g/mol. The molecule has 2 N–H and O–H groups in total. The van der Waals surface area contributed by atoms with Gasteiger partial charge in [-0.05, 0) is 69.3 Å². The van der Waals surface area contributed by atoms with Gasteiger partial charge in [0.05, 0.1) is 13.7 Å². The van der Waals surface area contributed by atoms with Crippen molar-refractivity contribution in [3.63, 3.8) is 0 Å². The van der Waals surface area contributed by atoms with E-state index in [1.54, 1.807) is 0 Å². The molecule has 0 aliphatic rings. The van der Waals surface area contributed by atoms with Gasteiger partial charge in [0.25, 0.3) is 0 Å². The van der Waals surface area contributed by atoms with Crippen molar-refractivity contribution in [2.45, 2.75) is 26.3 Å². The molecule has 1 aromatic rings. The summed E-state index contributed by atoms with van der Waals surface area (Å²) in [6.07, 6.45) is 2.26. The topological polar surface area (TPSA) is 35.2 Å². The number of nitrogens with two attached hydrogens (primary N) is 1. The third kappa shape index (κ3) is 4.07. The Morgan fingerprint density at radius 2 is 1.87 bits per heavy atom. The maximum Gasteiger partial charge on any atom is 0.145 e. The number of unbranched alkanes of at least 4 members (excludes halogenated alkanes) is 1. The van der Waals surface area contributed by atoms with Gasteiger partial charge in [-0.15, -0.1) is 0 Å². The van der Waals surface area contributed by atoms with E-state index in [1.165, 1.54) is 0 Å². The molecular formula is C11H15I2NO. The van der Waals surface area contributed by atoms with Crippen LogP contribution in [0.2, 0.25) is 0 Å². The first kappa shape index (κ1) is 13.5. The lowest BCUT2D eigenvalue weighted by molar-refractivity contribution is 0.305. The molecule has 0 amide bonds. The lowest BCUT2D eigenvalue weighted by atomic mass is 10.2. The molecule has 15 heavy (non-hydrogen) atoms. The third-order valence-corrected chi connectivity index (χ3v) is 3.64. The second-order valence-corrected chi connectivity index (χ2v) is 5.62. The normalized spacial score (nSPS) is 10.4. The molecule has 0 unspecified atom stereocenters. The van der Waals surface area contributed by atoms with Crippen molar-refractivity contribution in [3.05, 3.63) is 24.8 Å². The fraction of sp³-hybridized carbons (Fsp3) is 0.455. The molecule has 0 heterocycles. The molecule has 0 radical (unpaired) electrons. The smallest absolute Gasteiger partial charge is 0.145 e. The van der Waals surface area contributed by atoms with Crippen molar-refractivity contribution in [2.24, 2.45) is 5.73 Å². The first-order valence-corrected chi connectivity index (χ1v) is 7.15. The van der Waals surface area contributed by atoms with Crippen LogP contribution in [-0.2, 0) is 6.54 Å². The molecule has 0 bridgehead atoms. The van der Waals surface area contributed by atoms with E-state index in [4.69, 9.17) is 10.5 Å². The highest BCUT2D eigenvalue weighted by Gasteiger charge is 2.07. The first-order chi connectivity index (χ1) is 7.19. The SMILES string of the molecule is CCCCOc1c(I)cc(CN)cc1I. The van der Waals surface area contributed by atoms with Crippen LogP contribution >= 0.6 is 45.2 Å². The zero-order chi connectivity index (χ0) is 11.3. The van der Waals surface area contributed by atoms with Crippen LogP contribution < -0.4 is 10.5 Å². The van der Waals surface area contributed by atoms with Gasteiger partial charge in [0.1, 0.15) is 5.75 Å². The van der Waals surface area contributed by atoms with Crippen molar-refractivity contribution >= 4 is 45.2 Å². The minimum atomic E-state index is 0.585. The van der Waals surface area contributed by atoms with Crippen LogP contribution in [0.4, 0.5) is 0 Å². The molecule has 1 rings (SSSR count). The molecule has 0 spiro atoms. The highest BCUT2D eigenvalue weighted by atomic mass is 127. The second-order valence-electron chi connectivity index (χ2n) is 3.29. The lowest BCUT2D eigenvalue weighted by Crippen LogP contribution is -2.03. The van der Waals surface area contributed by atoms with Gasteiger partial charge in [-0.1, -0.05) is 13.3 Å². The van der Waals surface area contributed by atoms with Gasteiger partial charge in [0.15, 0.2) is 0 Å². The molecule has 0 saturated carbocycles. The van der Waals surface area contributed by atoms with Gasteiger partial charge >= 0.3 is 0 Å². The molecule has 1 aromatic carbocycles. The Morgan fingerprint density at radius 1 is 1.27 bits per heavy atom. The molecule has 0 fully saturated rings. The molecule has 84 valence electrons. The summed E-state index contributed by atoms with van der Waals surface area (Å²) in [4.78, 5) is 0. The Kier molecular flexibility index (Phi) is 6.21. The summed E-state index contributed by atoms with van der Waals surface area (Å²) in [6, 6.07) is 4.17. The van der Waals surface area contributed by atoms with Crippen molar-refractivity contribution in [2.75, 3.05) is 6.61 Å². The van der Waals surface area contributed by atoms with Crippen LogP contribution in [0.5, 0.6) is 5.75 Å². The quantitative estimate of drug-likeness (QED) is 0.572. The minimum absolute atomic E-state index is 0.585. The van der Waals surface area contributed by atoms with Gasteiger partial charge in [0, 0.05) is 6.54 Å². The fourth-order valence-corrected chi connectivity index (χ4v) is 3.40. The predicted molar refractivity (Wildman–Crippen MR) is 80.2 cm³/mol. The molecule has 2 nitrogen and oxygen atoms in total. The Bertz CT molecular complexity index is 305. The number of benzene rings is 1. The lowest BCUT2D eigenvalue weighted by Gasteiger charge is -2.11. The zero-order valence-electron chi connectivity index (χ0n) is 8.72. The van der Waals surface area contributed by atoms with E-state index in [0.717, 1.165) is 37.9 Å². The molecule has 0 aliphatic heterocycles. The molecule has 0 aliphatic carbocycles. The van der Waals surface area contributed by atoms with Gasteiger partial charge in [-0.25, -0.2) is 0 Å². The fourth-order valence-electron chi connectivity index (χ4n) is 1.19. The number of rotatable bonds is 5. The standard InChI is InChI=1S/C11H15I2NO/c1-2-3-4-15-11-9(12)5-8(7-14)6-10(11)13/h5-6H,2-4,7,14H2,1H3. The van der Waals surface area contributed by atoms with Gasteiger partial charge in [-0.2, -0.15) is 0 Å². The van der Waals surface area contributed by atoms with Gasteiger partial charge < -0.3 is 10.5 Å². The summed E-state index contributed by atoms with van der Waals surface area (Å²) in [6.45, 7) is 3.54. The van der Waals surface area contributed by atoms with Gasteiger partial charge in [-0.3, -0.25) is 0 Å². The number of hydrogen-bond donors (Lipinski definition) is 1. The Hall–Kier alpha value is 0.440. The number of ether oxygens (including phenoxy) is 1. The van der Waals surface area contributed by atoms with Crippen molar-refractivity contribution in [3.8, 4) is 5.75 Å². The molecule has 0 aromatic heterocycles. The Morgan fingerprint density at radius 3 is 2.33 bits per heavy atom. The summed E-state index contributed by atoms with van der Waals surface area (Å²) in [5.74, 6) is 1.00. The van der Waals surface area contributed by atoms with Crippen LogP contribution in [-0.4, -0.2) is 6.61 Å².